The lowest BCUT2D eigenvalue weighted by Gasteiger charge is -2.19. The van der Waals surface area contributed by atoms with Crippen LogP contribution in [0.25, 0.3) is 0 Å². The molecule has 0 aliphatic heterocycles. The van der Waals surface area contributed by atoms with E-state index in [4.69, 9.17) is 9.47 Å². The van der Waals surface area contributed by atoms with Crippen molar-refractivity contribution in [1.29, 1.82) is 0 Å². The van der Waals surface area contributed by atoms with E-state index >= 15 is 0 Å². The molecule has 4 N–H and O–H groups in total. The van der Waals surface area contributed by atoms with Gasteiger partial charge in [-0.2, -0.15) is 0 Å². The first-order valence-corrected chi connectivity index (χ1v) is 20.1. The Kier molecular flexibility index (Phi) is 28.7. The highest BCUT2D eigenvalue weighted by atomic mass is 16.6. The fourth-order valence-electron chi connectivity index (χ4n) is 6.61. The summed E-state index contributed by atoms with van der Waals surface area (Å²) in [6, 6.07) is 0. The molecule has 286 valence electrons. The molecule has 8 heteroatoms. The average molecular weight is 695 g/mol. The van der Waals surface area contributed by atoms with Crippen LogP contribution in [0.5, 0.6) is 0 Å². The van der Waals surface area contributed by atoms with Gasteiger partial charge in [-0.1, -0.05) is 147 Å². The van der Waals surface area contributed by atoms with Crippen molar-refractivity contribution >= 4 is 11.9 Å². The summed E-state index contributed by atoms with van der Waals surface area (Å²) in [6.45, 7) is 4.00. The third-order valence-electron chi connectivity index (χ3n) is 9.76. The lowest BCUT2D eigenvalue weighted by atomic mass is 9.89. The molecular weight excluding hydrogens is 620 g/mol. The third kappa shape index (κ3) is 25.0. The highest BCUT2D eigenvalue weighted by Gasteiger charge is 2.39. The number of allylic oxidation sites excluding steroid dienone is 2. The van der Waals surface area contributed by atoms with Gasteiger partial charge >= 0.3 is 11.9 Å². The van der Waals surface area contributed by atoms with E-state index in [1.807, 2.05) is 18.2 Å². The second kappa shape index (κ2) is 31.0. The lowest BCUT2D eigenvalue weighted by Crippen LogP contribution is -2.25. The molecule has 0 unspecified atom stereocenters. The molecule has 0 heterocycles. The number of unbranched alkanes of at least 4 members (excludes halogenated alkanes) is 17. The zero-order valence-corrected chi connectivity index (χ0v) is 31.3. The minimum atomic E-state index is -1.04. The van der Waals surface area contributed by atoms with Crippen LogP contribution in [0, 0.1) is 11.8 Å². The van der Waals surface area contributed by atoms with Crippen LogP contribution in [0.3, 0.4) is 0 Å². The van der Waals surface area contributed by atoms with Crippen molar-refractivity contribution in [2.24, 2.45) is 11.8 Å². The van der Waals surface area contributed by atoms with E-state index in [1.165, 1.54) is 77.0 Å². The fraction of sp³-hybridized carbons (Fsp3) is 0.854. The van der Waals surface area contributed by atoms with Gasteiger partial charge in [-0.05, 0) is 38.0 Å². The Hall–Kier alpha value is -1.74. The average Bonchev–Trinajstić information content (AvgIpc) is 3.35. The topological polar surface area (TPSA) is 134 Å². The van der Waals surface area contributed by atoms with Crippen molar-refractivity contribution in [3.8, 4) is 0 Å². The molecule has 0 saturated heterocycles. The van der Waals surface area contributed by atoms with Gasteiger partial charge in [0.05, 0.1) is 18.3 Å². The standard InChI is InChI=1S/C41H74O8/c1-3-5-7-8-9-10-11-12-13-14-15-16-17-18-23-27-40(46)48-32-35(43)33-49-41(47)28-24-20-19-22-26-36-37(39(45)31-38(36)44)30-29-34(42)25-21-6-4-2/h19,22,29-30,34-39,42-45H,3-18,20-21,23-28,31-33H2,1-2H3/b22-19+,30-29+/t34-,35+,36+,37+,38-,39+/m0/s1. The minimum Gasteiger partial charge on any atom is -0.463 e. The van der Waals surface area contributed by atoms with Gasteiger partial charge in [-0.15, -0.1) is 0 Å². The Morgan fingerprint density at radius 3 is 1.69 bits per heavy atom. The molecular formula is C41H74O8. The van der Waals surface area contributed by atoms with Crippen molar-refractivity contribution < 1.29 is 39.5 Å². The SMILES string of the molecule is CCCCCCCCCCCCCCCCCC(=O)OC[C@@H](O)COC(=O)CCC/C=C/C[C@@H]1[C@@H](/C=C/[C@@H](O)CCCCC)[C@H](O)C[C@@H]1O. The van der Waals surface area contributed by atoms with E-state index in [0.29, 0.717) is 38.5 Å². The van der Waals surface area contributed by atoms with Gasteiger partial charge in [0.1, 0.15) is 19.3 Å². The molecule has 6 atom stereocenters. The Morgan fingerprint density at radius 1 is 0.653 bits per heavy atom. The summed E-state index contributed by atoms with van der Waals surface area (Å²) in [5.74, 6) is -1.05. The maximum Gasteiger partial charge on any atom is 0.305 e. The second-order valence-electron chi connectivity index (χ2n) is 14.4. The maximum atomic E-state index is 12.1. The van der Waals surface area contributed by atoms with E-state index in [-0.39, 0.29) is 37.4 Å². The van der Waals surface area contributed by atoms with Gasteiger partial charge in [0.25, 0.3) is 0 Å². The Labute approximate surface area is 299 Å². The Morgan fingerprint density at radius 2 is 1.14 bits per heavy atom. The highest BCUT2D eigenvalue weighted by molar-refractivity contribution is 5.69. The number of aliphatic hydroxyl groups excluding tert-OH is 4. The molecule has 0 bridgehead atoms. The molecule has 1 aliphatic carbocycles. The van der Waals surface area contributed by atoms with Crippen molar-refractivity contribution in [1.82, 2.24) is 0 Å². The normalized spacial score (nSPS) is 20.7. The van der Waals surface area contributed by atoms with Crippen LogP contribution in [-0.2, 0) is 19.1 Å². The molecule has 0 aromatic heterocycles. The number of hydrogen-bond donors (Lipinski definition) is 4. The van der Waals surface area contributed by atoms with Crippen LogP contribution >= 0.6 is 0 Å². The molecule has 0 aromatic carbocycles. The molecule has 8 nitrogen and oxygen atoms in total. The number of aliphatic hydroxyl groups is 4. The minimum absolute atomic E-state index is 0.116. The van der Waals surface area contributed by atoms with Crippen LogP contribution in [-0.4, -0.2) is 70.0 Å². The predicted molar refractivity (Wildman–Crippen MR) is 198 cm³/mol. The molecule has 0 aromatic rings. The first kappa shape index (κ1) is 45.3. The maximum absolute atomic E-state index is 12.1. The fourth-order valence-corrected chi connectivity index (χ4v) is 6.61. The summed E-state index contributed by atoms with van der Waals surface area (Å²) in [5.41, 5.74) is 0. The molecule has 1 rings (SSSR count). The van der Waals surface area contributed by atoms with E-state index in [2.05, 4.69) is 13.8 Å². The molecule has 1 aliphatic rings. The largest absolute Gasteiger partial charge is 0.463 e. The van der Waals surface area contributed by atoms with E-state index in [9.17, 15) is 30.0 Å². The molecule has 49 heavy (non-hydrogen) atoms. The zero-order valence-electron chi connectivity index (χ0n) is 31.3. The first-order chi connectivity index (χ1) is 23.8. The predicted octanol–water partition coefficient (Wildman–Crippen LogP) is 8.67. The highest BCUT2D eigenvalue weighted by Crippen LogP contribution is 2.36. The number of carbonyl (C=O) groups excluding carboxylic acids is 2. The Balaban J connectivity index is 2.03. The van der Waals surface area contributed by atoms with Gasteiger partial charge in [-0.25, -0.2) is 0 Å². The van der Waals surface area contributed by atoms with Crippen LogP contribution in [0.15, 0.2) is 24.3 Å². The number of esters is 2. The zero-order chi connectivity index (χ0) is 36.0. The Bertz CT molecular complexity index is 858. The smallest absolute Gasteiger partial charge is 0.305 e. The summed E-state index contributed by atoms with van der Waals surface area (Å²) < 4.78 is 10.3. The van der Waals surface area contributed by atoms with Gasteiger partial charge < -0.3 is 29.9 Å². The van der Waals surface area contributed by atoms with Gasteiger partial charge in [-0.3, -0.25) is 9.59 Å². The van der Waals surface area contributed by atoms with Crippen LogP contribution < -0.4 is 0 Å². The number of carbonyl (C=O) groups is 2. The van der Waals surface area contributed by atoms with Crippen LogP contribution in [0.4, 0.5) is 0 Å². The van der Waals surface area contributed by atoms with Gasteiger partial charge in [0.15, 0.2) is 0 Å². The lowest BCUT2D eigenvalue weighted by molar-refractivity contribution is -0.152. The molecule has 1 fully saturated rings. The van der Waals surface area contributed by atoms with Crippen molar-refractivity contribution in [2.75, 3.05) is 13.2 Å². The first-order valence-electron chi connectivity index (χ1n) is 20.1. The molecule has 0 amide bonds. The number of rotatable bonds is 32. The van der Waals surface area contributed by atoms with Crippen molar-refractivity contribution in [3.63, 3.8) is 0 Å². The third-order valence-corrected chi connectivity index (χ3v) is 9.76. The second-order valence-corrected chi connectivity index (χ2v) is 14.4. The van der Waals surface area contributed by atoms with E-state index in [1.54, 1.807) is 6.08 Å². The summed E-state index contributed by atoms with van der Waals surface area (Å²) in [7, 11) is 0. The quantitative estimate of drug-likeness (QED) is 0.0312. The van der Waals surface area contributed by atoms with E-state index in [0.717, 1.165) is 38.5 Å². The number of ether oxygens (including phenoxy) is 2. The van der Waals surface area contributed by atoms with Crippen molar-refractivity contribution in [2.45, 2.75) is 199 Å². The number of hydrogen-bond acceptors (Lipinski definition) is 8. The van der Waals surface area contributed by atoms with Crippen LogP contribution in [0.2, 0.25) is 0 Å². The summed E-state index contributed by atoms with van der Waals surface area (Å²) in [5, 5.41) is 41.1. The summed E-state index contributed by atoms with van der Waals surface area (Å²) >= 11 is 0. The van der Waals surface area contributed by atoms with Crippen LogP contribution in [0.1, 0.15) is 174 Å². The van der Waals surface area contributed by atoms with Gasteiger partial charge in [0.2, 0.25) is 0 Å². The van der Waals surface area contributed by atoms with Gasteiger partial charge in [0, 0.05) is 25.2 Å². The summed E-state index contributed by atoms with van der Waals surface area (Å²) in [6.07, 6.45) is 30.4. The molecule has 0 spiro atoms. The summed E-state index contributed by atoms with van der Waals surface area (Å²) in [4.78, 5) is 24.1. The monoisotopic (exact) mass is 695 g/mol. The molecule has 0 radical (unpaired) electrons. The van der Waals surface area contributed by atoms with Crippen molar-refractivity contribution in [3.05, 3.63) is 24.3 Å². The van der Waals surface area contributed by atoms with E-state index < -0.39 is 30.4 Å². The molecule has 1 saturated carbocycles.